The number of aromatic nitrogens is 3. The summed E-state index contributed by atoms with van der Waals surface area (Å²) >= 11 is 1.48. The maximum atomic E-state index is 13.0. The van der Waals surface area contributed by atoms with Gasteiger partial charge in [0, 0.05) is 24.5 Å². The van der Waals surface area contributed by atoms with E-state index in [1.807, 2.05) is 45.0 Å². The molecule has 218 valence electrons. The van der Waals surface area contributed by atoms with Crippen LogP contribution in [0.25, 0.3) is 20.8 Å². The number of alkyl halides is 3. The zero-order valence-corrected chi connectivity index (χ0v) is 23.6. The molecule has 5 rings (SSSR count). The third-order valence-corrected chi connectivity index (χ3v) is 8.69. The summed E-state index contributed by atoms with van der Waals surface area (Å²) in [4.78, 5) is 14.2. The topological polar surface area (TPSA) is 123 Å². The molecular weight excluding hydrogens is 555 g/mol. The quantitative estimate of drug-likeness (QED) is 0.196. The van der Waals surface area contributed by atoms with Gasteiger partial charge in [-0.1, -0.05) is 38.1 Å². The van der Waals surface area contributed by atoms with Gasteiger partial charge in [0.05, 0.1) is 39.2 Å². The van der Waals surface area contributed by atoms with E-state index in [0.717, 1.165) is 27.9 Å². The number of thiazole rings is 1. The van der Waals surface area contributed by atoms with Crippen molar-refractivity contribution in [3.05, 3.63) is 65.4 Å². The number of rotatable bonds is 8. The molecule has 0 aliphatic heterocycles. The van der Waals surface area contributed by atoms with Crippen molar-refractivity contribution < 1.29 is 28.5 Å². The molecule has 0 amide bonds. The molecule has 0 unspecified atom stereocenters. The first-order chi connectivity index (χ1) is 19.4. The van der Waals surface area contributed by atoms with Crippen molar-refractivity contribution in [3.63, 3.8) is 0 Å². The van der Waals surface area contributed by atoms with Gasteiger partial charge in [-0.2, -0.15) is 18.2 Å². The summed E-state index contributed by atoms with van der Waals surface area (Å²) in [5, 5.41) is 37.9. The second-order valence-corrected chi connectivity index (χ2v) is 12.1. The fourth-order valence-electron chi connectivity index (χ4n) is 5.13. The van der Waals surface area contributed by atoms with E-state index < -0.39 is 41.3 Å². The number of para-hydroxylation sites is 1. The minimum absolute atomic E-state index is 0.254. The van der Waals surface area contributed by atoms with Crippen LogP contribution in [0, 0.1) is 12.8 Å². The van der Waals surface area contributed by atoms with Crippen LogP contribution >= 0.6 is 11.3 Å². The lowest BCUT2D eigenvalue weighted by molar-refractivity contribution is -0.137. The van der Waals surface area contributed by atoms with E-state index in [1.54, 1.807) is 0 Å². The summed E-state index contributed by atoms with van der Waals surface area (Å²) in [6, 6.07) is 12.3. The maximum absolute atomic E-state index is 13.0. The summed E-state index contributed by atoms with van der Waals surface area (Å²) in [5.74, 6) is 0.237. The minimum Gasteiger partial charge on any atom is -0.396 e. The molecule has 0 bridgehead atoms. The second kappa shape index (κ2) is 11.2. The number of aryl methyl sites for hydroxylation is 1. The molecule has 5 N–H and O–H groups in total. The van der Waals surface area contributed by atoms with Gasteiger partial charge in [0.15, 0.2) is 0 Å². The van der Waals surface area contributed by atoms with Gasteiger partial charge >= 0.3 is 6.18 Å². The number of hydrogen-bond acceptors (Lipinski definition) is 9. The smallest absolute Gasteiger partial charge is 0.396 e. The number of halogens is 3. The molecule has 1 aliphatic rings. The fourth-order valence-corrected chi connectivity index (χ4v) is 6.19. The van der Waals surface area contributed by atoms with Crippen molar-refractivity contribution in [1.29, 1.82) is 0 Å². The summed E-state index contributed by atoms with van der Waals surface area (Å²) < 4.78 is 40.1. The predicted molar refractivity (Wildman–Crippen MR) is 153 cm³/mol. The number of benzene rings is 2. The molecule has 1 saturated carbocycles. The van der Waals surface area contributed by atoms with Crippen LogP contribution in [0.4, 0.5) is 24.9 Å². The van der Waals surface area contributed by atoms with Crippen LogP contribution in [0.3, 0.4) is 0 Å². The monoisotopic (exact) mass is 587 g/mol. The first kappa shape index (κ1) is 29.2. The third-order valence-electron chi connectivity index (χ3n) is 7.64. The molecule has 12 heteroatoms. The molecular formula is C29H32F3N5O3S. The van der Waals surface area contributed by atoms with Gasteiger partial charge in [0.1, 0.15) is 16.9 Å². The molecule has 2 heterocycles. The van der Waals surface area contributed by atoms with Gasteiger partial charge in [-0.15, -0.1) is 11.3 Å². The number of nitrogens with one attached hydrogen (secondary N) is 2. The molecule has 2 aromatic heterocycles. The number of hydrogen-bond donors (Lipinski definition) is 5. The Kier molecular flexibility index (Phi) is 7.94. The Morgan fingerprint density at radius 2 is 1.63 bits per heavy atom. The van der Waals surface area contributed by atoms with Crippen LogP contribution < -0.4 is 10.6 Å². The highest BCUT2D eigenvalue weighted by Crippen LogP contribution is 2.38. The minimum atomic E-state index is -4.40. The molecule has 1 fully saturated rings. The van der Waals surface area contributed by atoms with Crippen molar-refractivity contribution in [2.75, 3.05) is 23.8 Å². The van der Waals surface area contributed by atoms with Crippen LogP contribution in [0.2, 0.25) is 0 Å². The molecule has 0 radical (unpaired) electrons. The number of fused-ring (bicyclic) bond motifs is 1. The zero-order chi connectivity index (χ0) is 29.5. The molecule has 2 aromatic carbocycles. The molecule has 4 atom stereocenters. The van der Waals surface area contributed by atoms with Gasteiger partial charge in [0.25, 0.3) is 0 Å². The maximum Gasteiger partial charge on any atom is 0.416 e. The highest BCUT2D eigenvalue weighted by Gasteiger charge is 2.41. The second-order valence-electron chi connectivity index (χ2n) is 11.1. The Bertz CT molecular complexity index is 1490. The molecule has 8 nitrogen and oxygen atoms in total. The Hall–Kier alpha value is -3.32. The van der Waals surface area contributed by atoms with E-state index in [4.69, 9.17) is 9.97 Å². The van der Waals surface area contributed by atoms with E-state index in [1.165, 1.54) is 23.5 Å². The van der Waals surface area contributed by atoms with Crippen molar-refractivity contribution in [2.45, 2.75) is 57.0 Å². The molecule has 41 heavy (non-hydrogen) atoms. The lowest BCUT2D eigenvalue weighted by atomic mass is 9.84. The number of anilines is 2. The summed E-state index contributed by atoms with van der Waals surface area (Å²) in [6.07, 6.45) is -6.25. The van der Waals surface area contributed by atoms with E-state index in [2.05, 4.69) is 15.6 Å². The summed E-state index contributed by atoms with van der Waals surface area (Å²) in [6.45, 7) is 5.73. The molecule has 1 aliphatic carbocycles. The van der Waals surface area contributed by atoms with E-state index in [9.17, 15) is 28.5 Å². The third kappa shape index (κ3) is 6.01. The van der Waals surface area contributed by atoms with Gasteiger partial charge in [-0.25, -0.2) is 9.97 Å². The van der Waals surface area contributed by atoms with Gasteiger partial charge in [-0.3, -0.25) is 0 Å². The Balaban J connectivity index is 1.45. The molecule has 0 spiro atoms. The summed E-state index contributed by atoms with van der Waals surface area (Å²) in [5.41, 5.74) is 1.58. The summed E-state index contributed by atoms with van der Waals surface area (Å²) in [7, 11) is 0. The van der Waals surface area contributed by atoms with Crippen molar-refractivity contribution >= 4 is 33.3 Å². The van der Waals surface area contributed by atoms with Gasteiger partial charge < -0.3 is 26.0 Å². The average molecular weight is 588 g/mol. The number of nitrogens with zero attached hydrogens (tertiary/aromatic N) is 3. The Morgan fingerprint density at radius 1 is 0.951 bits per heavy atom. The van der Waals surface area contributed by atoms with Gasteiger partial charge in [0.2, 0.25) is 5.95 Å². The SMILES string of the molecule is Cc1nc(NCC(C)(C)c2ccc(C(F)(F)F)cc2)nc(N[C@@H]2C[C@H](CO)[C@@H](O)[C@H]2O)c1-c1nc2ccccc2s1. The number of aliphatic hydroxyl groups is 3. The van der Waals surface area contributed by atoms with Crippen molar-refractivity contribution in [3.8, 4) is 10.6 Å². The van der Waals surface area contributed by atoms with E-state index in [0.29, 0.717) is 41.0 Å². The van der Waals surface area contributed by atoms with Crippen LogP contribution in [-0.2, 0) is 11.6 Å². The fraction of sp³-hybridized carbons (Fsp3) is 0.414. The molecule has 0 saturated heterocycles. The standard InChI is InChI=1S/C29H32F3N5O3S/c1-15-22(26-36-19-6-4-5-7-21(19)41-26)25(35-20-12-16(13-38)23(39)24(20)40)37-27(34-15)33-14-28(2,3)17-8-10-18(11-9-17)29(30,31)32/h4-11,16,20,23-24,38-40H,12-14H2,1-3H3,(H2,33,34,35,37)/t16-,20-,23-,24+/m1/s1. The van der Waals surface area contributed by atoms with Crippen LogP contribution in [0.5, 0.6) is 0 Å². The first-order valence-corrected chi connectivity index (χ1v) is 14.1. The van der Waals surface area contributed by atoms with E-state index >= 15 is 0 Å². The predicted octanol–water partition coefficient (Wildman–Crippen LogP) is 4.98. The van der Waals surface area contributed by atoms with Gasteiger partial charge in [-0.05, 0) is 43.2 Å². The highest BCUT2D eigenvalue weighted by molar-refractivity contribution is 7.21. The Morgan fingerprint density at radius 3 is 2.27 bits per heavy atom. The Labute approximate surface area is 239 Å². The van der Waals surface area contributed by atoms with Crippen LogP contribution in [0.1, 0.15) is 37.1 Å². The van der Waals surface area contributed by atoms with Crippen molar-refractivity contribution in [2.24, 2.45) is 5.92 Å². The average Bonchev–Trinajstić information content (AvgIpc) is 3.47. The first-order valence-electron chi connectivity index (χ1n) is 13.3. The largest absolute Gasteiger partial charge is 0.416 e. The normalized spacial score (nSPS) is 21.4. The van der Waals surface area contributed by atoms with E-state index in [-0.39, 0.29) is 6.61 Å². The molecule has 4 aromatic rings. The van der Waals surface area contributed by atoms with Crippen LogP contribution in [0.15, 0.2) is 48.5 Å². The zero-order valence-electron chi connectivity index (χ0n) is 22.8. The van der Waals surface area contributed by atoms with Crippen LogP contribution in [-0.4, -0.2) is 61.7 Å². The highest BCUT2D eigenvalue weighted by atomic mass is 32.1. The lowest BCUT2D eigenvalue weighted by Gasteiger charge is -2.27. The number of aliphatic hydroxyl groups excluding tert-OH is 3. The van der Waals surface area contributed by atoms with Crippen molar-refractivity contribution in [1.82, 2.24) is 15.0 Å². The lowest BCUT2D eigenvalue weighted by Crippen LogP contribution is -2.36.